The van der Waals surface area contributed by atoms with E-state index in [1.165, 1.54) is 12.8 Å². The monoisotopic (exact) mass is 349 g/mol. The summed E-state index contributed by atoms with van der Waals surface area (Å²) in [6, 6.07) is -0.921. The Bertz CT molecular complexity index is 348. The molecule has 116 valence electrons. The van der Waals surface area contributed by atoms with E-state index < -0.39 is 23.7 Å². The van der Waals surface area contributed by atoms with Crippen molar-refractivity contribution in [1.29, 1.82) is 0 Å². The van der Waals surface area contributed by atoms with Gasteiger partial charge in [-0.2, -0.15) is 0 Å². The molecule has 1 aliphatic rings. The summed E-state index contributed by atoms with van der Waals surface area (Å²) in [5.41, 5.74) is -0.633. The topological polar surface area (TPSA) is 75.6 Å². The van der Waals surface area contributed by atoms with Gasteiger partial charge >= 0.3 is 12.1 Å². The largest absolute Gasteiger partial charge is 0.480 e. The second kappa shape index (κ2) is 7.29. The molecule has 0 radical (unpaired) electrons. The van der Waals surface area contributed by atoms with Crippen LogP contribution in [0.4, 0.5) is 4.79 Å². The fourth-order valence-electron chi connectivity index (χ4n) is 2.41. The van der Waals surface area contributed by atoms with Gasteiger partial charge in [0.05, 0.1) is 0 Å². The van der Waals surface area contributed by atoms with Gasteiger partial charge < -0.3 is 15.2 Å². The van der Waals surface area contributed by atoms with Crippen LogP contribution in [-0.2, 0) is 9.53 Å². The molecule has 1 rings (SSSR count). The third kappa shape index (κ3) is 6.11. The lowest BCUT2D eigenvalue weighted by Crippen LogP contribution is -2.45. The number of carbonyl (C=O) groups is 2. The van der Waals surface area contributed by atoms with E-state index in [4.69, 9.17) is 4.74 Å². The molecule has 2 unspecified atom stereocenters. The predicted octanol–water partition coefficient (Wildman–Crippen LogP) is 3.31. The molecule has 2 N–H and O–H groups in total. The van der Waals surface area contributed by atoms with Gasteiger partial charge in [-0.3, -0.25) is 0 Å². The van der Waals surface area contributed by atoms with Crippen LogP contribution in [0.15, 0.2) is 0 Å². The van der Waals surface area contributed by atoms with E-state index in [0.29, 0.717) is 12.3 Å². The van der Waals surface area contributed by atoms with Gasteiger partial charge in [0.25, 0.3) is 0 Å². The molecular formula is C14H24BrNO4. The zero-order valence-electron chi connectivity index (χ0n) is 12.3. The van der Waals surface area contributed by atoms with Crippen molar-refractivity contribution >= 4 is 28.0 Å². The smallest absolute Gasteiger partial charge is 0.408 e. The minimum atomic E-state index is -1.03. The Morgan fingerprint density at radius 2 is 1.90 bits per heavy atom. The number of amides is 1. The van der Waals surface area contributed by atoms with Crippen LogP contribution in [0, 0.1) is 5.92 Å². The zero-order chi connectivity index (χ0) is 15.3. The van der Waals surface area contributed by atoms with E-state index in [0.717, 1.165) is 12.8 Å². The first-order valence-electron chi connectivity index (χ1n) is 7.05. The minimum absolute atomic E-state index is 0.112. The van der Waals surface area contributed by atoms with Crippen LogP contribution in [0.1, 0.15) is 52.9 Å². The molecule has 0 aromatic rings. The average Bonchev–Trinajstić information content (AvgIpc) is 2.78. The highest BCUT2D eigenvalue weighted by Crippen LogP contribution is 2.33. The number of hydrogen-bond donors (Lipinski definition) is 2. The summed E-state index contributed by atoms with van der Waals surface area (Å²) in [6.45, 7) is 5.23. The van der Waals surface area contributed by atoms with Crippen LogP contribution >= 0.6 is 15.9 Å². The molecule has 6 heteroatoms. The van der Waals surface area contributed by atoms with Crippen LogP contribution in [0.3, 0.4) is 0 Å². The molecule has 0 heterocycles. The normalized spacial score (nSPS) is 19.4. The first kappa shape index (κ1) is 17.3. The van der Waals surface area contributed by atoms with Crippen molar-refractivity contribution in [3.8, 4) is 0 Å². The number of carbonyl (C=O) groups excluding carboxylic acids is 1. The molecule has 1 saturated carbocycles. The highest BCUT2D eigenvalue weighted by atomic mass is 79.9. The van der Waals surface area contributed by atoms with Crippen LogP contribution in [0.2, 0.25) is 0 Å². The molecule has 1 fully saturated rings. The summed E-state index contributed by atoms with van der Waals surface area (Å²) in [4.78, 5) is 23.0. The summed E-state index contributed by atoms with van der Waals surface area (Å²) >= 11 is 3.57. The van der Waals surface area contributed by atoms with Crippen molar-refractivity contribution in [2.45, 2.75) is 69.3 Å². The fraction of sp³-hybridized carbons (Fsp3) is 0.857. The molecule has 0 aromatic carbocycles. The maximum absolute atomic E-state index is 11.7. The van der Waals surface area contributed by atoms with Crippen LogP contribution in [0.25, 0.3) is 0 Å². The van der Waals surface area contributed by atoms with Crippen molar-refractivity contribution in [2.75, 3.05) is 0 Å². The lowest BCUT2D eigenvalue weighted by atomic mass is 9.98. The number of ether oxygens (including phenoxy) is 1. The Morgan fingerprint density at radius 1 is 1.35 bits per heavy atom. The Kier molecular flexibility index (Phi) is 6.30. The first-order chi connectivity index (χ1) is 9.19. The first-order valence-corrected chi connectivity index (χ1v) is 7.97. The second-order valence-electron chi connectivity index (χ2n) is 6.33. The minimum Gasteiger partial charge on any atom is -0.480 e. The van der Waals surface area contributed by atoms with Crippen molar-refractivity contribution in [2.24, 2.45) is 5.92 Å². The van der Waals surface area contributed by atoms with Gasteiger partial charge in [0, 0.05) is 4.83 Å². The number of nitrogens with one attached hydrogen (secondary N) is 1. The lowest BCUT2D eigenvalue weighted by Gasteiger charge is -2.24. The van der Waals surface area contributed by atoms with Crippen LogP contribution in [0.5, 0.6) is 0 Å². The van der Waals surface area contributed by atoms with Gasteiger partial charge in [0.1, 0.15) is 11.6 Å². The molecule has 0 bridgehead atoms. The second-order valence-corrected chi connectivity index (χ2v) is 7.51. The Hall–Kier alpha value is -0.780. The Balaban J connectivity index is 2.51. The number of aliphatic carboxylic acids is 1. The summed E-state index contributed by atoms with van der Waals surface area (Å²) in [7, 11) is 0. The maximum Gasteiger partial charge on any atom is 0.408 e. The molecule has 0 spiro atoms. The fourth-order valence-corrected chi connectivity index (χ4v) is 3.31. The van der Waals surface area contributed by atoms with Crippen LogP contribution < -0.4 is 5.32 Å². The average molecular weight is 350 g/mol. The van der Waals surface area contributed by atoms with Crippen molar-refractivity contribution in [3.63, 3.8) is 0 Å². The Labute approximate surface area is 128 Å². The summed E-state index contributed by atoms with van der Waals surface area (Å²) in [5, 5.41) is 11.7. The lowest BCUT2D eigenvalue weighted by molar-refractivity contribution is -0.139. The number of halogens is 1. The molecule has 0 saturated heterocycles. The van der Waals surface area contributed by atoms with E-state index in [1.54, 1.807) is 20.8 Å². The van der Waals surface area contributed by atoms with Gasteiger partial charge in [-0.25, -0.2) is 9.59 Å². The predicted molar refractivity (Wildman–Crippen MR) is 80.1 cm³/mol. The summed E-state index contributed by atoms with van der Waals surface area (Å²) in [6.07, 6.45) is 4.33. The van der Waals surface area contributed by atoms with Gasteiger partial charge in [-0.1, -0.05) is 28.8 Å². The van der Waals surface area contributed by atoms with E-state index in [2.05, 4.69) is 21.2 Å². The third-order valence-corrected chi connectivity index (χ3v) is 4.48. The molecule has 0 aromatic heterocycles. The van der Waals surface area contributed by atoms with Gasteiger partial charge in [-0.05, 0) is 46.0 Å². The molecule has 1 aliphatic carbocycles. The van der Waals surface area contributed by atoms with Gasteiger partial charge in [-0.15, -0.1) is 0 Å². The third-order valence-electron chi connectivity index (χ3n) is 3.36. The number of alkyl carbamates (subject to hydrolysis) is 1. The molecule has 1 amide bonds. The van der Waals surface area contributed by atoms with Crippen molar-refractivity contribution in [3.05, 3.63) is 0 Å². The highest BCUT2D eigenvalue weighted by Gasteiger charge is 2.30. The van der Waals surface area contributed by atoms with Crippen molar-refractivity contribution < 1.29 is 19.4 Å². The molecule has 5 nitrogen and oxygen atoms in total. The number of carboxylic acid groups (broad SMARTS) is 1. The molecular weight excluding hydrogens is 326 g/mol. The van der Waals surface area contributed by atoms with E-state index in [9.17, 15) is 14.7 Å². The molecule has 2 atom stereocenters. The summed E-state index contributed by atoms with van der Waals surface area (Å²) < 4.78 is 5.10. The van der Waals surface area contributed by atoms with Gasteiger partial charge in [0.15, 0.2) is 0 Å². The van der Waals surface area contributed by atoms with Gasteiger partial charge in [0.2, 0.25) is 0 Å². The van der Waals surface area contributed by atoms with E-state index in [1.807, 2.05) is 0 Å². The van der Waals surface area contributed by atoms with Crippen molar-refractivity contribution in [1.82, 2.24) is 5.32 Å². The standard InChI is InChI=1S/C14H24BrNO4/c1-14(2,3)20-13(19)16-11(12(17)18)8-10(15)9-6-4-5-7-9/h9-11H,4-8H2,1-3H3,(H,16,19)(H,17,18). The highest BCUT2D eigenvalue weighted by molar-refractivity contribution is 9.09. The number of hydrogen-bond acceptors (Lipinski definition) is 3. The SMILES string of the molecule is CC(C)(C)OC(=O)NC(CC(Br)C1CCCC1)C(=O)O. The van der Waals surface area contributed by atoms with E-state index in [-0.39, 0.29) is 4.83 Å². The molecule has 0 aliphatic heterocycles. The van der Waals surface area contributed by atoms with E-state index >= 15 is 0 Å². The quantitative estimate of drug-likeness (QED) is 0.746. The summed E-state index contributed by atoms with van der Waals surface area (Å²) in [5.74, 6) is -0.532. The number of carboxylic acids is 1. The van der Waals surface area contributed by atoms with Crippen LogP contribution in [-0.4, -0.2) is 33.6 Å². The maximum atomic E-state index is 11.7. The zero-order valence-corrected chi connectivity index (χ0v) is 13.9. The number of alkyl halides is 1. The Morgan fingerprint density at radius 3 is 2.35 bits per heavy atom. The number of rotatable bonds is 5. The molecule has 20 heavy (non-hydrogen) atoms.